The number of anilines is 2. The lowest BCUT2D eigenvalue weighted by molar-refractivity contribution is -0.137. The van der Waals surface area contributed by atoms with Gasteiger partial charge in [-0.3, -0.25) is 0 Å². The Balaban J connectivity index is 2.26. The highest BCUT2D eigenvalue weighted by Gasteiger charge is 2.31. The molecule has 1 fully saturated rings. The number of benzene rings is 1. The maximum atomic E-state index is 12.6. The van der Waals surface area contributed by atoms with Crippen LogP contribution in [0.4, 0.5) is 24.5 Å². The summed E-state index contributed by atoms with van der Waals surface area (Å²) in [6.07, 6.45) is -4.30. The molecule has 1 aromatic rings. The highest BCUT2D eigenvalue weighted by atomic mass is 19.4. The van der Waals surface area contributed by atoms with Crippen LogP contribution in [0.5, 0.6) is 0 Å². The lowest BCUT2D eigenvalue weighted by Crippen LogP contribution is -2.45. The molecule has 1 saturated heterocycles. The van der Waals surface area contributed by atoms with E-state index in [1.807, 2.05) is 18.7 Å². The third-order valence-electron chi connectivity index (χ3n) is 3.12. The molecule has 1 aliphatic heterocycles. The Kier molecular flexibility index (Phi) is 3.62. The minimum absolute atomic E-state index is 0.0328. The van der Waals surface area contributed by atoms with E-state index in [4.69, 9.17) is 10.5 Å². The number of halogens is 3. The van der Waals surface area contributed by atoms with Gasteiger partial charge in [0.05, 0.1) is 29.1 Å². The van der Waals surface area contributed by atoms with E-state index in [-0.39, 0.29) is 17.9 Å². The van der Waals surface area contributed by atoms with Gasteiger partial charge < -0.3 is 15.4 Å². The van der Waals surface area contributed by atoms with E-state index in [1.54, 1.807) is 0 Å². The number of morpholine rings is 1. The lowest BCUT2D eigenvalue weighted by atomic mass is 10.1. The number of nitrogens with two attached hydrogens (primary N) is 1. The smallest absolute Gasteiger partial charge is 0.397 e. The second kappa shape index (κ2) is 4.92. The fourth-order valence-electron chi connectivity index (χ4n) is 2.39. The van der Waals surface area contributed by atoms with Crippen molar-refractivity contribution in [1.82, 2.24) is 0 Å². The lowest BCUT2D eigenvalue weighted by Gasteiger charge is -2.37. The molecule has 0 aromatic heterocycles. The summed E-state index contributed by atoms with van der Waals surface area (Å²) >= 11 is 0. The summed E-state index contributed by atoms with van der Waals surface area (Å²) in [6, 6.07) is 3.49. The molecular formula is C13H17F3N2O. The van der Waals surface area contributed by atoms with E-state index in [1.165, 1.54) is 6.07 Å². The van der Waals surface area contributed by atoms with Crippen LogP contribution < -0.4 is 10.6 Å². The standard InChI is InChI=1S/C13H17F3N2O/c1-8-6-18(7-9(2)19-8)12-4-3-10(5-11(12)17)13(14,15)16/h3-5,8-9H,6-7,17H2,1-2H3. The van der Waals surface area contributed by atoms with E-state index < -0.39 is 11.7 Å². The van der Waals surface area contributed by atoms with Gasteiger partial charge in [0.1, 0.15) is 0 Å². The molecule has 0 bridgehead atoms. The van der Waals surface area contributed by atoms with Crippen molar-refractivity contribution in [2.45, 2.75) is 32.2 Å². The second-order valence-electron chi connectivity index (χ2n) is 4.93. The fraction of sp³-hybridized carbons (Fsp3) is 0.538. The Bertz CT molecular complexity index is 452. The molecule has 2 unspecified atom stereocenters. The summed E-state index contributed by atoms with van der Waals surface area (Å²) < 4.78 is 43.3. The highest BCUT2D eigenvalue weighted by molar-refractivity contribution is 5.69. The Labute approximate surface area is 110 Å². The number of rotatable bonds is 1. The van der Waals surface area contributed by atoms with Crippen LogP contribution in [0.15, 0.2) is 18.2 Å². The van der Waals surface area contributed by atoms with E-state index in [0.29, 0.717) is 18.8 Å². The number of alkyl halides is 3. The van der Waals surface area contributed by atoms with Gasteiger partial charge in [-0.05, 0) is 32.0 Å². The SMILES string of the molecule is CC1CN(c2ccc(C(F)(F)F)cc2N)CC(C)O1. The minimum Gasteiger partial charge on any atom is -0.397 e. The first-order chi connectivity index (χ1) is 8.77. The van der Waals surface area contributed by atoms with Gasteiger partial charge in [-0.15, -0.1) is 0 Å². The largest absolute Gasteiger partial charge is 0.416 e. The minimum atomic E-state index is -4.36. The predicted octanol–water partition coefficient (Wildman–Crippen LogP) is 2.90. The molecule has 0 saturated carbocycles. The van der Waals surface area contributed by atoms with Crippen LogP contribution in [0.25, 0.3) is 0 Å². The average molecular weight is 274 g/mol. The maximum Gasteiger partial charge on any atom is 0.416 e. The van der Waals surface area contributed by atoms with Gasteiger partial charge in [0.25, 0.3) is 0 Å². The number of nitrogens with zero attached hydrogens (tertiary/aromatic N) is 1. The molecule has 1 aromatic carbocycles. The molecule has 106 valence electrons. The molecule has 0 aliphatic carbocycles. The monoisotopic (exact) mass is 274 g/mol. The van der Waals surface area contributed by atoms with Crippen molar-refractivity contribution in [3.63, 3.8) is 0 Å². The molecule has 2 rings (SSSR count). The van der Waals surface area contributed by atoms with Gasteiger partial charge in [-0.1, -0.05) is 0 Å². The second-order valence-corrected chi connectivity index (χ2v) is 4.93. The van der Waals surface area contributed by atoms with Crippen LogP contribution in [0.1, 0.15) is 19.4 Å². The molecule has 1 heterocycles. The van der Waals surface area contributed by atoms with Crippen molar-refractivity contribution in [1.29, 1.82) is 0 Å². The first kappa shape index (κ1) is 14.0. The van der Waals surface area contributed by atoms with Crippen LogP contribution in [0.2, 0.25) is 0 Å². The number of ether oxygens (including phenoxy) is 1. The number of hydrogen-bond acceptors (Lipinski definition) is 3. The molecule has 19 heavy (non-hydrogen) atoms. The molecule has 2 atom stereocenters. The molecule has 3 nitrogen and oxygen atoms in total. The first-order valence-electron chi connectivity index (χ1n) is 6.14. The van der Waals surface area contributed by atoms with Crippen molar-refractivity contribution in [2.24, 2.45) is 0 Å². The number of hydrogen-bond donors (Lipinski definition) is 1. The quantitative estimate of drug-likeness (QED) is 0.800. The molecule has 1 aliphatic rings. The maximum absolute atomic E-state index is 12.6. The van der Waals surface area contributed by atoms with Crippen molar-refractivity contribution in [3.8, 4) is 0 Å². The summed E-state index contributed by atoms with van der Waals surface area (Å²) in [7, 11) is 0. The summed E-state index contributed by atoms with van der Waals surface area (Å²) in [5.41, 5.74) is 5.82. The van der Waals surface area contributed by atoms with E-state index >= 15 is 0 Å². The topological polar surface area (TPSA) is 38.5 Å². The normalized spacial score (nSPS) is 24.6. The number of nitrogen functional groups attached to an aromatic ring is 1. The zero-order valence-corrected chi connectivity index (χ0v) is 10.9. The predicted molar refractivity (Wildman–Crippen MR) is 68.1 cm³/mol. The van der Waals surface area contributed by atoms with E-state index in [0.717, 1.165) is 12.1 Å². The molecule has 0 amide bonds. The van der Waals surface area contributed by atoms with Crippen molar-refractivity contribution in [3.05, 3.63) is 23.8 Å². The summed E-state index contributed by atoms with van der Waals surface area (Å²) in [6.45, 7) is 5.12. The third-order valence-corrected chi connectivity index (χ3v) is 3.12. The Morgan fingerprint density at radius 3 is 2.26 bits per heavy atom. The van der Waals surface area contributed by atoms with Gasteiger partial charge in [0.15, 0.2) is 0 Å². The molecule has 2 N–H and O–H groups in total. The van der Waals surface area contributed by atoms with Crippen LogP contribution in [0, 0.1) is 0 Å². The summed E-state index contributed by atoms with van der Waals surface area (Å²) in [5.74, 6) is 0. The van der Waals surface area contributed by atoms with Gasteiger partial charge in [0, 0.05) is 13.1 Å². The zero-order chi connectivity index (χ0) is 14.2. The van der Waals surface area contributed by atoms with Gasteiger partial charge in [0.2, 0.25) is 0 Å². The first-order valence-corrected chi connectivity index (χ1v) is 6.14. The highest BCUT2D eigenvalue weighted by Crippen LogP contribution is 2.34. The van der Waals surface area contributed by atoms with Crippen LogP contribution in [-0.2, 0) is 10.9 Å². The third kappa shape index (κ3) is 3.12. The molecular weight excluding hydrogens is 257 g/mol. The van der Waals surface area contributed by atoms with Crippen molar-refractivity contribution < 1.29 is 17.9 Å². The zero-order valence-electron chi connectivity index (χ0n) is 10.9. The molecule has 0 radical (unpaired) electrons. The average Bonchev–Trinajstić information content (AvgIpc) is 2.26. The van der Waals surface area contributed by atoms with Crippen LogP contribution in [-0.4, -0.2) is 25.3 Å². The van der Waals surface area contributed by atoms with E-state index in [9.17, 15) is 13.2 Å². The molecule has 0 spiro atoms. The Morgan fingerprint density at radius 2 is 1.79 bits per heavy atom. The van der Waals surface area contributed by atoms with Gasteiger partial charge >= 0.3 is 6.18 Å². The summed E-state index contributed by atoms with van der Waals surface area (Å²) in [4.78, 5) is 1.97. The Hall–Kier alpha value is -1.43. The van der Waals surface area contributed by atoms with Crippen molar-refractivity contribution >= 4 is 11.4 Å². The Morgan fingerprint density at radius 1 is 1.21 bits per heavy atom. The van der Waals surface area contributed by atoms with Gasteiger partial charge in [-0.2, -0.15) is 13.2 Å². The summed E-state index contributed by atoms with van der Waals surface area (Å²) in [5, 5.41) is 0. The fourth-order valence-corrected chi connectivity index (χ4v) is 2.39. The van der Waals surface area contributed by atoms with Crippen LogP contribution >= 0.6 is 0 Å². The molecule has 6 heteroatoms. The van der Waals surface area contributed by atoms with Crippen molar-refractivity contribution in [2.75, 3.05) is 23.7 Å². The van der Waals surface area contributed by atoms with E-state index in [2.05, 4.69) is 0 Å². The van der Waals surface area contributed by atoms with Crippen LogP contribution in [0.3, 0.4) is 0 Å². The van der Waals surface area contributed by atoms with Gasteiger partial charge in [-0.25, -0.2) is 0 Å².